The summed E-state index contributed by atoms with van der Waals surface area (Å²) >= 11 is 6.52. The van der Waals surface area contributed by atoms with Gasteiger partial charge in [0.25, 0.3) is 0 Å². The zero-order valence-electron chi connectivity index (χ0n) is 29.8. The Morgan fingerprint density at radius 1 is 0.870 bits per heavy atom. The smallest absolute Gasteiger partial charge is 0.246 e. The Bertz CT molecular complexity index is 2000. The van der Waals surface area contributed by atoms with Gasteiger partial charge in [-0.3, -0.25) is 9.69 Å². The van der Waals surface area contributed by atoms with Gasteiger partial charge >= 0.3 is 0 Å². The molecule has 0 unspecified atom stereocenters. The number of amides is 1. The number of benzene rings is 4. The molecule has 0 spiro atoms. The highest BCUT2D eigenvalue weighted by Gasteiger charge is 2.19. The van der Waals surface area contributed by atoms with Crippen LogP contribution in [0.2, 0.25) is 5.02 Å². The van der Waals surface area contributed by atoms with Crippen LogP contribution >= 0.6 is 36.4 Å². The number of nitriles is 1. The first-order valence-corrected chi connectivity index (χ1v) is 17.5. The van der Waals surface area contributed by atoms with E-state index in [-0.39, 0.29) is 30.7 Å². The van der Waals surface area contributed by atoms with Crippen molar-refractivity contribution in [1.29, 1.82) is 5.26 Å². The van der Waals surface area contributed by atoms with E-state index in [4.69, 9.17) is 31.1 Å². The number of pyridine rings is 1. The molecule has 0 radical (unpaired) electrons. The van der Waals surface area contributed by atoms with Crippen LogP contribution in [0.3, 0.4) is 0 Å². The number of aromatic nitrogens is 1. The normalized spacial score (nSPS) is 12.6. The van der Waals surface area contributed by atoms with Crippen LogP contribution in [0.25, 0.3) is 6.08 Å². The van der Waals surface area contributed by atoms with E-state index in [1.807, 2.05) is 47.4 Å². The Kier molecular flexibility index (Phi) is 16.0. The molecule has 1 aliphatic rings. The number of methoxy groups -OCH3 is 1. The quantitative estimate of drug-likeness (QED) is 0.112. The number of nitrogens with zero attached hydrogens (tertiary/aromatic N) is 4. The average Bonchev–Trinajstić information content (AvgIpc) is 3.19. The lowest BCUT2D eigenvalue weighted by Gasteiger charge is -2.34. The van der Waals surface area contributed by atoms with Crippen LogP contribution in [0.5, 0.6) is 23.1 Å². The third-order valence-electron chi connectivity index (χ3n) is 8.73. The maximum atomic E-state index is 13.0. The first kappa shape index (κ1) is 41.5. The van der Waals surface area contributed by atoms with E-state index in [0.29, 0.717) is 47.7 Å². The third-order valence-corrected chi connectivity index (χ3v) is 9.03. The first-order chi connectivity index (χ1) is 25.4. The fraction of sp³-hybridized carbons (Fsp3) is 0.214. The number of halogens is 3. The monoisotopic (exact) mass is 785 g/mol. The zero-order chi connectivity index (χ0) is 36.1. The number of rotatable bonds is 14. The van der Waals surface area contributed by atoms with Gasteiger partial charge in [0.15, 0.2) is 0 Å². The predicted molar refractivity (Wildman–Crippen MR) is 218 cm³/mol. The minimum absolute atomic E-state index is 0. The number of hydrogen-bond donors (Lipinski definition) is 1. The van der Waals surface area contributed by atoms with Crippen LogP contribution in [0.15, 0.2) is 115 Å². The van der Waals surface area contributed by atoms with E-state index < -0.39 is 0 Å². The number of anilines is 1. The lowest BCUT2D eigenvalue weighted by atomic mass is 10.1. The molecule has 0 saturated carbocycles. The molecule has 5 aromatic rings. The van der Waals surface area contributed by atoms with Crippen molar-refractivity contribution in [2.45, 2.75) is 19.6 Å². The Hall–Kier alpha value is -5.24. The second kappa shape index (κ2) is 20.9. The highest BCUT2D eigenvalue weighted by Crippen LogP contribution is 2.30. The molecule has 4 aromatic carbocycles. The summed E-state index contributed by atoms with van der Waals surface area (Å²) in [4.78, 5) is 21.6. The van der Waals surface area contributed by atoms with Crippen molar-refractivity contribution in [2.24, 2.45) is 0 Å². The maximum absolute atomic E-state index is 13.0. The lowest BCUT2D eigenvalue weighted by molar-refractivity contribution is -0.127. The van der Waals surface area contributed by atoms with Gasteiger partial charge in [0, 0.05) is 57.1 Å². The topological polar surface area (TPSA) is 100.0 Å². The molecular formula is C42H42Cl3N5O4. The molecule has 6 rings (SSSR count). The fourth-order valence-corrected chi connectivity index (χ4v) is 5.93. The minimum atomic E-state index is -0.0191. The third kappa shape index (κ3) is 12.2. The van der Waals surface area contributed by atoms with Gasteiger partial charge in [0.2, 0.25) is 11.8 Å². The summed E-state index contributed by atoms with van der Waals surface area (Å²) in [6, 6.07) is 34.9. The van der Waals surface area contributed by atoms with Gasteiger partial charge in [-0.1, -0.05) is 54.1 Å². The Morgan fingerprint density at radius 2 is 1.56 bits per heavy atom. The maximum Gasteiger partial charge on any atom is 0.246 e. The van der Waals surface area contributed by atoms with Gasteiger partial charge in [0.1, 0.15) is 23.9 Å². The molecule has 0 aliphatic carbocycles. The van der Waals surface area contributed by atoms with Crippen molar-refractivity contribution in [2.75, 3.05) is 45.2 Å². The number of hydrogen-bond acceptors (Lipinski definition) is 8. The molecule has 0 atom stereocenters. The van der Waals surface area contributed by atoms with Crippen LogP contribution < -0.4 is 19.5 Å². The van der Waals surface area contributed by atoms with Gasteiger partial charge in [-0.2, -0.15) is 5.26 Å². The fourth-order valence-electron chi connectivity index (χ4n) is 5.70. The summed E-state index contributed by atoms with van der Waals surface area (Å²) in [7, 11) is 1.67. The Labute approximate surface area is 334 Å². The molecule has 1 saturated heterocycles. The molecule has 0 bridgehead atoms. The second-order valence-corrected chi connectivity index (χ2v) is 12.8. The largest absolute Gasteiger partial charge is 0.497 e. The van der Waals surface area contributed by atoms with Gasteiger partial charge in [0.05, 0.1) is 30.0 Å². The lowest BCUT2D eigenvalue weighted by Crippen LogP contribution is -2.47. The van der Waals surface area contributed by atoms with E-state index >= 15 is 0 Å². The molecule has 2 heterocycles. The second-order valence-electron chi connectivity index (χ2n) is 12.4. The molecule has 1 aromatic heterocycles. The average molecular weight is 787 g/mol. The first-order valence-electron chi connectivity index (χ1n) is 17.1. The molecule has 280 valence electrons. The molecule has 1 fully saturated rings. The number of ether oxygens (including phenoxy) is 3. The molecular weight excluding hydrogens is 745 g/mol. The Balaban J connectivity index is 0.00000325. The predicted octanol–water partition coefficient (Wildman–Crippen LogP) is 8.84. The van der Waals surface area contributed by atoms with E-state index in [1.54, 1.807) is 61.9 Å². The molecule has 54 heavy (non-hydrogen) atoms. The van der Waals surface area contributed by atoms with E-state index in [0.717, 1.165) is 55.2 Å². The number of carbonyl (C=O) groups is 1. The van der Waals surface area contributed by atoms with Crippen LogP contribution in [0.1, 0.15) is 27.8 Å². The van der Waals surface area contributed by atoms with E-state index in [9.17, 15) is 4.79 Å². The standard InChI is InChI=1S/C42H40ClN5O4.2ClH/c1-50-37-14-12-36(13-15-37)45-21-20-31-2-6-34(7-3-31)29-47-22-24-48(25-23-47)42(49)19-11-32-10-17-40(39(43)26-32)52-41-18-16-38(28-46-41)51-30-35-8-4-33(27-44)5-9-35;;/h2-19,26,28,45H,20-25,29-30H2,1H3;2*1H. The molecule has 1 amide bonds. The Morgan fingerprint density at radius 3 is 2.20 bits per heavy atom. The van der Waals surface area contributed by atoms with Gasteiger partial charge in [-0.05, 0) is 89.3 Å². The summed E-state index contributed by atoms with van der Waals surface area (Å²) in [5, 5.41) is 12.8. The van der Waals surface area contributed by atoms with Crippen molar-refractivity contribution < 1.29 is 19.0 Å². The van der Waals surface area contributed by atoms with Gasteiger partial charge in [-0.15, -0.1) is 24.8 Å². The summed E-state index contributed by atoms with van der Waals surface area (Å²) in [6.45, 7) is 5.08. The van der Waals surface area contributed by atoms with Crippen molar-refractivity contribution in [3.8, 4) is 29.2 Å². The minimum Gasteiger partial charge on any atom is -0.497 e. The van der Waals surface area contributed by atoms with Crippen LogP contribution in [-0.4, -0.2) is 60.5 Å². The number of carbonyl (C=O) groups excluding carboxylic acids is 1. The number of piperazine rings is 1. The summed E-state index contributed by atoms with van der Waals surface area (Å²) in [6.07, 6.45) is 5.90. The van der Waals surface area contributed by atoms with Gasteiger partial charge in [-0.25, -0.2) is 4.98 Å². The summed E-state index contributed by atoms with van der Waals surface area (Å²) < 4.78 is 16.9. The van der Waals surface area contributed by atoms with E-state index in [1.165, 1.54) is 11.1 Å². The SMILES string of the molecule is COc1ccc(NCCc2ccc(CN3CCN(C(=O)C=Cc4ccc(Oc5ccc(OCc6ccc(C#N)cc6)cn5)c(Cl)c4)CC3)cc2)cc1.Cl.Cl. The van der Waals surface area contributed by atoms with Crippen LogP contribution in [0.4, 0.5) is 5.69 Å². The highest BCUT2D eigenvalue weighted by molar-refractivity contribution is 6.32. The number of nitrogens with one attached hydrogen (secondary N) is 1. The molecule has 12 heteroatoms. The summed E-state index contributed by atoms with van der Waals surface area (Å²) in [5.41, 5.74) is 6.00. The zero-order valence-corrected chi connectivity index (χ0v) is 32.2. The van der Waals surface area contributed by atoms with Crippen molar-refractivity contribution >= 4 is 54.1 Å². The molecule has 1 aliphatic heterocycles. The van der Waals surface area contributed by atoms with Crippen molar-refractivity contribution in [3.05, 3.63) is 148 Å². The highest BCUT2D eigenvalue weighted by atomic mass is 35.5. The molecule has 1 N–H and O–H groups in total. The van der Waals surface area contributed by atoms with Crippen molar-refractivity contribution in [1.82, 2.24) is 14.8 Å². The van der Waals surface area contributed by atoms with Crippen LogP contribution in [-0.2, 0) is 24.4 Å². The summed E-state index contributed by atoms with van der Waals surface area (Å²) in [5.74, 6) is 2.25. The van der Waals surface area contributed by atoms with Crippen LogP contribution in [0, 0.1) is 11.3 Å². The molecule has 9 nitrogen and oxygen atoms in total. The van der Waals surface area contributed by atoms with Gasteiger partial charge < -0.3 is 24.4 Å². The van der Waals surface area contributed by atoms with Crippen molar-refractivity contribution in [3.63, 3.8) is 0 Å². The van der Waals surface area contributed by atoms with E-state index in [2.05, 4.69) is 45.5 Å².